The van der Waals surface area contributed by atoms with Gasteiger partial charge < -0.3 is 20.5 Å². The Morgan fingerprint density at radius 3 is 2.63 bits per heavy atom. The minimum atomic E-state index is -0.475. The van der Waals surface area contributed by atoms with E-state index in [1.807, 2.05) is 6.07 Å². The van der Waals surface area contributed by atoms with Crippen molar-refractivity contribution in [3.8, 4) is 11.5 Å². The predicted molar refractivity (Wildman–Crippen MR) is 105 cm³/mol. The van der Waals surface area contributed by atoms with Gasteiger partial charge in [0.05, 0.1) is 19.2 Å². The summed E-state index contributed by atoms with van der Waals surface area (Å²) in [5.41, 5.74) is 7.34. The van der Waals surface area contributed by atoms with Crippen LogP contribution in [0.1, 0.15) is 21.5 Å². The summed E-state index contributed by atoms with van der Waals surface area (Å²) in [5, 5.41) is 3.18. The molecular weight excluding hydrogens is 368 g/mol. The van der Waals surface area contributed by atoms with Gasteiger partial charge in [0.15, 0.2) is 11.5 Å². The molecule has 2 aromatic rings. The molecule has 142 valence electrons. The van der Waals surface area contributed by atoms with Crippen molar-refractivity contribution in [2.24, 2.45) is 5.73 Å². The topological polar surface area (TPSA) is 90.6 Å². The molecule has 0 bridgehead atoms. The van der Waals surface area contributed by atoms with E-state index in [1.54, 1.807) is 36.4 Å². The minimum absolute atomic E-state index is 0.244. The maximum absolute atomic E-state index is 12.0. The van der Waals surface area contributed by atoms with E-state index in [-0.39, 0.29) is 5.91 Å². The Hall–Kier alpha value is -2.99. The fourth-order valence-electron chi connectivity index (χ4n) is 2.48. The fourth-order valence-corrected chi connectivity index (χ4v) is 2.77. The lowest BCUT2D eigenvalue weighted by Crippen LogP contribution is -2.23. The van der Waals surface area contributed by atoms with Crippen LogP contribution in [0, 0.1) is 0 Å². The molecule has 0 aromatic heterocycles. The van der Waals surface area contributed by atoms with Crippen molar-refractivity contribution in [3.05, 3.63) is 64.2 Å². The Balaban J connectivity index is 1.93. The molecule has 6 nitrogen and oxygen atoms in total. The molecular formula is C20H21ClN2O4. The van der Waals surface area contributed by atoms with E-state index in [0.29, 0.717) is 40.6 Å². The van der Waals surface area contributed by atoms with Gasteiger partial charge in [-0.25, -0.2) is 0 Å². The number of primary amides is 1. The van der Waals surface area contributed by atoms with Crippen LogP contribution in [0.2, 0.25) is 5.02 Å². The molecule has 0 aliphatic rings. The van der Waals surface area contributed by atoms with Crippen molar-refractivity contribution in [3.63, 3.8) is 0 Å². The number of nitrogens with one attached hydrogen (secondary N) is 1. The number of hydrogen-bond donors (Lipinski definition) is 2. The molecule has 2 rings (SSSR count). The molecule has 0 radical (unpaired) electrons. The zero-order chi connectivity index (χ0) is 19.8. The van der Waals surface area contributed by atoms with Gasteiger partial charge in [0, 0.05) is 18.2 Å². The SMILES string of the molecule is COc1cc(/C=C/C(=O)NCCc2cccc(C(N)=O)c2)cc(Cl)c1OC. The van der Waals surface area contributed by atoms with E-state index < -0.39 is 5.91 Å². The standard InChI is InChI=1S/C20H21ClN2O4/c1-26-17-12-14(11-16(21)19(17)27-2)6-7-18(24)23-9-8-13-4-3-5-15(10-13)20(22)25/h3-7,10-12H,8-9H2,1-2H3,(H2,22,25)(H,23,24)/b7-6+. The summed E-state index contributed by atoms with van der Waals surface area (Å²) in [4.78, 5) is 23.2. The molecule has 0 unspecified atom stereocenters. The summed E-state index contributed by atoms with van der Waals surface area (Å²) in [6.45, 7) is 0.429. The van der Waals surface area contributed by atoms with Crippen LogP contribution >= 0.6 is 11.6 Å². The van der Waals surface area contributed by atoms with E-state index in [4.69, 9.17) is 26.8 Å². The number of amides is 2. The Morgan fingerprint density at radius 2 is 1.96 bits per heavy atom. The zero-order valence-corrected chi connectivity index (χ0v) is 15.9. The van der Waals surface area contributed by atoms with Gasteiger partial charge in [0.25, 0.3) is 0 Å². The summed E-state index contributed by atoms with van der Waals surface area (Å²) < 4.78 is 10.4. The highest BCUT2D eigenvalue weighted by molar-refractivity contribution is 6.32. The van der Waals surface area contributed by atoms with Gasteiger partial charge in [0.2, 0.25) is 11.8 Å². The third-order valence-corrected chi connectivity index (χ3v) is 4.09. The van der Waals surface area contributed by atoms with Gasteiger partial charge >= 0.3 is 0 Å². The van der Waals surface area contributed by atoms with Crippen LogP contribution in [0.4, 0.5) is 0 Å². The second kappa shape index (κ2) is 9.64. The first-order chi connectivity index (χ1) is 12.9. The molecule has 0 aliphatic carbocycles. The van der Waals surface area contributed by atoms with Gasteiger partial charge in [-0.15, -0.1) is 0 Å². The fraction of sp³-hybridized carbons (Fsp3) is 0.200. The van der Waals surface area contributed by atoms with E-state index in [2.05, 4.69) is 5.32 Å². The third kappa shape index (κ3) is 5.76. The molecule has 2 aromatic carbocycles. The summed E-state index contributed by atoms with van der Waals surface area (Å²) in [7, 11) is 3.02. The van der Waals surface area contributed by atoms with Crippen LogP contribution < -0.4 is 20.5 Å². The lowest BCUT2D eigenvalue weighted by atomic mass is 10.1. The number of benzene rings is 2. The molecule has 27 heavy (non-hydrogen) atoms. The van der Waals surface area contributed by atoms with Crippen LogP contribution in [-0.4, -0.2) is 32.6 Å². The maximum Gasteiger partial charge on any atom is 0.248 e. The van der Waals surface area contributed by atoms with Gasteiger partial charge in [-0.1, -0.05) is 23.7 Å². The predicted octanol–water partition coefficient (Wildman–Crippen LogP) is 2.83. The Morgan fingerprint density at radius 1 is 1.19 bits per heavy atom. The molecule has 2 amide bonds. The molecule has 0 aliphatic heterocycles. The Kier molecular flexibility index (Phi) is 7.25. The van der Waals surface area contributed by atoms with Crippen LogP contribution in [0.15, 0.2) is 42.5 Å². The van der Waals surface area contributed by atoms with Crippen LogP contribution in [0.25, 0.3) is 6.08 Å². The van der Waals surface area contributed by atoms with Crippen molar-refractivity contribution in [2.75, 3.05) is 20.8 Å². The first-order valence-electron chi connectivity index (χ1n) is 8.20. The molecule has 0 saturated heterocycles. The van der Waals surface area contributed by atoms with Gasteiger partial charge in [-0.05, 0) is 47.9 Å². The summed E-state index contributed by atoms with van der Waals surface area (Å²) in [6, 6.07) is 10.4. The van der Waals surface area contributed by atoms with Gasteiger partial charge in [-0.2, -0.15) is 0 Å². The third-order valence-electron chi connectivity index (χ3n) is 3.81. The average molecular weight is 389 g/mol. The number of methoxy groups -OCH3 is 2. The first kappa shape index (κ1) is 20.3. The van der Waals surface area contributed by atoms with Crippen molar-refractivity contribution >= 4 is 29.5 Å². The Bertz CT molecular complexity index is 865. The molecule has 0 fully saturated rings. The number of nitrogens with two attached hydrogens (primary N) is 1. The van der Waals surface area contributed by atoms with Crippen LogP contribution in [-0.2, 0) is 11.2 Å². The second-order valence-electron chi connectivity index (χ2n) is 5.68. The lowest BCUT2D eigenvalue weighted by Gasteiger charge is -2.10. The lowest BCUT2D eigenvalue weighted by molar-refractivity contribution is -0.116. The highest BCUT2D eigenvalue weighted by Crippen LogP contribution is 2.36. The Labute approximate surface area is 162 Å². The number of rotatable bonds is 8. The van der Waals surface area contributed by atoms with Gasteiger partial charge in [0.1, 0.15) is 0 Å². The number of carbonyl (C=O) groups is 2. The molecule has 7 heteroatoms. The monoisotopic (exact) mass is 388 g/mol. The highest BCUT2D eigenvalue weighted by atomic mass is 35.5. The minimum Gasteiger partial charge on any atom is -0.493 e. The average Bonchev–Trinajstić information content (AvgIpc) is 2.66. The van der Waals surface area contributed by atoms with E-state index in [0.717, 1.165) is 5.56 Å². The quantitative estimate of drug-likeness (QED) is 0.680. The number of ether oxygens (including phenoxy) is 2. The first-order valence-corrected chi connectivity index (χ1v) is 8.58. The van der Waals surface area contributed by atoms with Gasteiger partial charge in [-0.3, -0.25) is 9.59 Å². The largest absolute Gasteiger partial charge is 0.493 e. The normalized spacial score (nSPS) is 10.6. The number of halogens is 1. The molecule has 0 atom stereocenters. The summed E-state index contributed by atoms with van der Waals surface area (Å²) in [5.74, 6) is 0.211. The smallest absolute Gasteiger partial charge is 0.248 e. The van der Waals surface area contributed by atoms with Crippen molar-refractivity contribution in [1.29, 1.82) is 0 Å². The van der Waals surface area contributed by atoms with Crippen molar-refractivity contribution in [1.82, 2.24) is 5.32 Å². The van der Waals surface area contributed by atoms with Crippen molar-refractivity contribution in [2.45, 2.75) is 6.42 Å². The molecule has 0 saturated carbocycles. The van der Waals surface area contributed by atoms with E-state index >= 15 is 0 Å². The highest BCUT2D eigenvalue weighted by Gasteiger charge is 2.10. The zero-order valence-electron chi connectivity index (χ0n) is 15.1. The summed E-state index contributed by atoms with van der Waals surface area (Å²) >= 11 is 6.14. The van der Waals surface area contributed by atoms with E-state index in [9.17, 15) is 9.59 Å². The molecule has 0 heterocycles. The van der Waals surface area contributed by atoms with Crippen molar-refractivity contribution < 1.29 is 19.1 Å². The van der Waals surface area contributed by atoms with Crippen LogP contribution in [0.5, 0.6) is 11.5 Å². The van der Waals surface area contributed by atoms with E-state index in [1.165, 1.54) is 20.3 Å². The molecule has 3 N–H and O–H groups in total. The van der Waals surface area contributed by atoms with Crippen LogP contribution in [0.3, 0.4) is 0 Å². The maximum atomic E-state index is 12.0. The summed E-state index contributed by atoms with van der Waals surface area (Å²) in [6.07, 6.45) is 3.64. The number of carbonyl (C=O) groups excluding carboxylic acids is 2. The second-order valence-corrected chi connectivity index (χ2v) is 6.08. The number of hydrogen-bond acceptors (Lipinski definition) is 4. The molecule has 0 spiro atoms.